The highest BCUT2D eigenvalue weighted by atomic mass is 19.1. The van der Waals surface area contributed by atoms with Gasteiger partial charge in [-0.25, -0.2) is 4.39 Å². The zero-order valence-electron chi connectivity index (χ0n) is 20.6. The monoisotopic (exact) mass is 488 g/mol. The molecule has 1 saturated carbocycles. The minimum atomic E-state index is -0.344. The van der Waals surface area contributed by atoms with Crippen LogP contribution in [0.2, 0.25) is 0 Å². The largest absolute Gasteiger partial charge is 0.497 e. The minimum absolute atomic E-state index is 0.0975. The van der Waals surface area contributed by atoms with Crippen molar-refractivity contribution in [1.29, 1.82) is 0 Å². The summed E-state index contributed by atoms with van der Waals surface area (Å²) in [4.78, 5) is 28.7. The number of fused-ring (bicyclic) bond motifs is 1. The number of carbonyl (C=O) groups excluding carboxylic acids is 2. The molecular weight excluding hydrogens is 459 g/mol. The molecule has 2 aliphatic rings. The Hall–Kier alpha value is -3.87. The Morgan fingerprint density at radius 1 is 1.03 bits per heavy atom. The maximum Gasteiger partial charge on any atom is 0.255 e. The topological polar surface area (TPSA) is 67.9 Å². The standard InChI is InChI=1S/C29H29FN2O4/c1-17-7-9-22(23(11-17)18-5-4-6-20(30)12-18)29(34)32-16-19-13-24(19)26(32)15-31-28(33)25-14-21(35-2)8-10-27(25)36-3/h4-12,14,19,24,26H,13,15-16H2,1-3H3,(H,31,33)/t19-,24?,26-/m1/s1. The fourth-order valence-electron chi connectivity index (χ4n) is 5.24. The summed E-state index contributed by atoms with van der Waals surface area (Å²) in [5, 5.41) is 3.01. The summed E-state index contributed by atoms with van der Waals surface area (Å²) in [6.45, 7) is 2.95. The van der Waals surface area contributed by atoms with E-state index in [1.54, 1.807) is 31.4 Å². The molecule has 0 bridgehead atoms. The molecular formula is C29H29FN2O4. The van der Waals surface area contributed by atoms with Gasteiger partial charge in [-0.1, -0.05) is 29.8 Å². The van der Waals surface area contributed by atoms with Gasteiger partial charge in [0.05, 0.1) is 25.8 Å². The molecule has 1 unspecified atom stereocenters. The molecule has 0 spiro atoms. The van der Waals surface area contributed by atoms with Gasteiger partial charge in [0.2, 0.25) is 0 Å². The number of nitrogens with one attached hydrogen (secondary N) is 1. The summed E-state index contributed by atoms with van der Waals surface area (Å²) in [6.07, 6.45) is 1.05. The smallest absolute Gasteiger partial charge is 0.255 e. The lowest BCUT2D eigenvalue weighted by molar-refractivity contribution is 0.0695. The number of benzene rings is 3. The Bertz CT molecular complexity index is 1320. The predicted molar refractivity (Wildman–Crippen MR) is 135 cm³/mol. The van der Waals surface area contributed by atoms with Gasteiger partial charge in [-0.05, 0) is 72.7 Å². The van der Waals surface area contributed by atoms with Crippen LogP contribution in [0.15, 0.2) is 60.7 Å². The average Bonchev–Trinajstić information content (AvgIpc) is 3.57. The predicted octanol–water partition coefficient (Wildman–Crippen LogP) is 4.71. The van der Waals surface area contributed by atoms with E-state index in [9.17, 15) is 14.0 Å². The van der Waals surface area contributed by atoms with Crippen molar-refractivity contribution < 1.29 is 23.5 Å². The highest BCUT2D eigenvalue weighted by Gasteiger charge is 2.54. The van der Waals surface area contributed by atoms with Gasteiger partial charge in [0, 0.05) is 18.7 Å². The number of methoxy groups -OCH3 is 2. The summed E-state index contributed by atoms with van der Waals surface area (Å²) in [7, 11) is 3.06. The first-order chi connectivity index (χ1) is 17.4. The molecule has 36 heavy (non-hydrogen) atoms. The highest BCUT2D eigenvalue weighted by molar-refractivity contribution is 6.01. The van der Waals surface area contributed by atoms with Crippen molar-refractivity contribution in [2.75, 3.05) is 27.3 Å². The highest BCUT2D eigenvalue weighted by Crippen LogP contribution is 2.50. The quantitative estimate of drug-likeness (QED) is 0.523. The van der Waals surface area contributed by atoms with Crippen LogP contribution in [0.5, 0.6) is 11.5 Å². The molecule has 1 aliphatic heterocycles. The van der Waals surface area contributed by atoms with Crippen LogP contribution in [0.25, 0.3) is 11.1 Å². The number of piperidine rings is 1. The minimum Gasteiger partial charge on any atom is -0.497 e. The van der Waals surface area contributed by atoms with Gasteiger partial charge in [0.1, 0.15) is 17.3 Å². The molecule has 7 heteroatoms. The second kappa shape index (κ2) is 9.64. The Labute approximate surface area is 210 Å². The maximum atomic E-state index is 14.0. The Kier molecular flexibility index (Phi) is 6.39. The maximum absolute atomic E-state index is 14.0. The van der Waals surface area contributed by atoms with Gasteiger partial charge in [0.15, 0.2) is 0 Å². The van der Waals surface area contributed by atoms with Crippen molar-refractivity contribution in [3.8, 4) is 22.6 Å². The molecule has 3 aromatic carbocycles. The van der Waals surface area contributed by atoms with E-state index in [2.05, 4.69) is 5.32 Å². The van der Waals surface area contributed by atoms with Crippen LogP contribution in [0.3, 0.4) is 0 Å². The first kappa shape index (κ1) is 23.9. The second-order valence-electron chi connectivity index (χ2n) is 9.52. The molecule has 0 aromatic heterocycles. The van der Waals surface area contributed by atoms with Crippen LogP contribution in [0.4, 0.5) is 4.39 Å². The summed E-state index contributed by atoms with van der Waals surface area (Å²) >= 11 is 0. The van der Waals surface area contributed by atoms with E-state index < -0.39 is 0 Å². The van der Waals surface area contributed by atoms with E-state index in [0.717, 1.165) is 12.0 Å². The summed E-state index contributed by atoms with van der Waals surface area (Å²) in [5.41, 5.74) is 3.29. The summed E-state index contributed by atoms with van der Waals surface area (Å²) < 4.78 is 24.6. The zero-order valence-corrected chi connectivity index (χ0v) is 20.6. The Balaban J connectivity index is 1.37. The molecule has 1 saturated heterocycles. The van der Waals surface area contributed by atoms with Crippen LogP contribution in [0.1, 0.15) is 32.7 Å². The number of amides is 2. The van der Waals surface area contributed by atoms with Crippen LogP contribution in [0, 0.1) is 24.6 Å². The molecule has 3 aromatic rings. The number of nitrogens with zero attached hydrogens (tertiary/aromatic N) is 1. The van der Waals surface area contributed by atoms with Gasteiger partial charge >= 0.3 is 0 Å². The van der Waals surface area contributed by atoms with E-state index in [1.807, 2.05) is 36.1 Å². The van der Waals surface area contributed by atoms with Crippen molar-refractivity contribution in [2.24, 2.45) is 11.8 Å². The number of aryl methyl sites for hydroxylation is 1. The van der Waals surface area contributed by atoms with Crippen molar-refractivity contribution >= 4 is 11.8 Å². The van der Waals surface area contributed by atoms with Gasteiger partial charge in [-0.3, -0.25) is 9.59 Å². The molecule has 2 amide bonds. The van der Waals surface area contributed by atoms with Crippen LogP contribution in [-0.4, -0.2) is 50.1 Å². The van der Waals surface area contributed by atoms with Crippen molar-refractivity contribution in [2.45, 2.75) is 19.4 Å². The van der Waals surface area contributed by atoms with E-state index >= 15 is 0 Å². The second-order valence-corrected chi connectivity index (χ2v) is 9.52. The Morgan fingerprint density at radius 2 is 1.86 bits per heavy atom. The lowest BCUT2D eigenvalue weighted by atomic mass is 9.96. The molecule has 1 heterocycles. The third kappa shape index (κ3) is 4.53. The normalized spacial score (nSPS) is 20.0. The molecule has 3 atom stereocenters. The number of ether oxygens (including phenoxy) is 2. The average molecular weight is 489 g/mol. The van der Waals surface area contributed by atoms with Crippen molar-refractivity contribution in [1.82, 2.24) is 10.2 Å². The molecule has 6 nitrogen and oxygen atoms in total. The molecule has 186 valence electrons. The van der Waals surface area contributed by atoms with E-state index in [-0.39, 0.29) is 23.7 Å². The van der Waals surface area contributed by atoms with Crippen LogP contribution >= 0.6 is 0 Å². The Morgan fingerprint density at radius 3 is 2.61 bits per heavy atom. The SMILES string of the molecule is COc1ccc(OC)c(C(=O)NC[C@@H]2C3C[C@@H]3CN2C(=O)c2ccc(C)cc2-c2cccc(F)c2)c1. The molecule has 1 N–H and O–H groups in total. The van der Waals surface area contributed by atoms with Crippen LogP contribution in [-0.2, 0) is 0 Å². The van der Waals surface area contributed by atoms with Gasteiger partial charge < -0.3 is 19.7 Å². The molecule has 1 aliphatic carbocycles. The number of hydrogen-bond acceptors (Lipinski definition) is 4. The number of rotatable bonds is 7. The van der Waals surface area contributed by atoms with E-state index in [1.165, 1.54) is 19.2 Å². The summed E-state index contributed by atoms with van der Waals surface area (Å²) in [5.74, 6) is 1.11. The van der Waals surface area contributed by atoms with Gasteiger partial charge in [-0.2, -0.15) is 0 Å². The molecule has 5 rings (SSSR count). The van der Waals surface area contributed by atoms with Crippen molar-refractivity contribution in [3.63, 3.8) is 0 Å². The third-order valence-electron chi connectivity index (χ3n) is 7.23. The fourth-order valence-corrected chi connectivity index (χ4v) is 5.24. The zero-order chi connectivity index (χ0) is 25.4. The number of likely N-dealkylation sites (tertiary alicyclic amines) is 1. The number of hydrogen-bond donors (Lipinski definition) is 1. The van der Waals surface area contributed by atoms with Crippen LogP contribution < -0.4 is 14.8 Å². The van der Waals surface area contributed by atoms with E-state index in [0.29, 0.717) is 58.7 Å². The van der Waals surface area contributed by atoms with Gasteiger partial charge in [-0.15, -0.1) is 0 Å². The van der Waals surface area contributed by atoms with E-state index in [4.69, 9.17) is 9.47 Å². The van der Waals surface area contributed by atoms with Crippen molar-refractivity contribution in [3.05, 3.63) is 83.2 Å². The third-order valence-corrected chi connectivity index (χ3v) is 7.23. The number of halogens is 1. The lowest BCUT2D eigenvalue weighted by Crippen LogP contribution is -2.45. The molecule has 2 fully saturated rings. The first-order valence-electron chi connectivity index (χ1n) is 12.1. The summed E-state index contributed by atoms with van der Waals surface area (Å²) in [6, 6.07) is 16.9. The molecule has 0 radical (unpaired) electrons. The fraction of sp³-hybridized carbons (Fsp3) is 0.310. The lowest BCUT2D eigenvalue weighted by Gasteiger charge is -2.29. The first-order valence-corrected chi connectivity index (χ1v) is 12.1. The van der Waals surface area contributed by atoms with Gasteiger partial charge in [0.25, 0.3) is 11.8 Å². The number of carbonyl (C=O) groups is 2.